The molecule has 0 unspecified atom stereocenters. The molecule has 0 aliphatic rings. The molecular formula is C17H15N3O4. The second-order valence-corrected chi connectivity index (χ2v) is 4.98. The smallest absolute Gasteiger partial charge is 0.270 e. The zero-order valence-electron chi connectivity index (χ0n) is 12.9. The van der Waals surface area contributed by atoms with Crippen molar-refractivity contribution in [2.45, 2.75) is 0 Å². The van der Waals surface area contributed by atoms with E-state index < -0.39 is 11.8 Å². The topological polar surface area (TPSA) is 93.5 Å². The molecule has 2 N–H and O–H groups in total. The quantitative estimate of drug-likeness (QED) is 0.715. The van der Waals surface area contributed by atoms with E-state index in [2.05, 4.69) is 15.8 Å². The third-order valence-corrected chi connectivity index (χ3v) is 3.33. The van der Waals surface area contributed by atoms with Crippen molar-refractivity contribution in [2.24, 2.45) is 0 Å². The van der Waals surface area contributed by atoms with Gasteiger partial charge in [-0.25, -0.2) is 4.98 Å². The lowest BCUT2D eigenvalue weighted by Gasteiger charge is -2.10. The molecule has 2 heterocycles. The number of rotatable bonds is 4. The molecule has 0 fully saturated rings. The van der Waals surface area contributed by atoms with E-state index in [9.17, 15) is 9.59 Å². The number of hydrogen-bond acceptors (Lipinski definition) is 5. The Balaban J connectivity index is 1.96. The minimum Gasteiger partial charge on any atom is -0.463 e. The van der Waals surface area contributed by atoms with Gasteiger partial charge < -0.3 is 9.15 Å². The number of furan rings is 1. The Kier molecular flexibility index (Phi) is 4.53. The van der Waals surface area contributed by atoms with Gasteiger partial charge in [0.2, 0.25) is 0 Å². The highest BCUT2D eigenvalue weighted by Crippen LogP contribution is 2.25. The molecule has 3 aromatic rings. The van der Waals surface area contributed by atoms with Crippen LogP contribution in [0, 0.1) is 0 Å². The summed E-state index contributed by atoms with van der Waals surface area (Å²) in [6.45, 7) is -0.144. The maximum atomic E-state index is 12.5. The molecule has 0 atom stereocenters. The number of ether oxygens (including phenoxy) is 1. The summed E-state index contributed by atoms with van der Waals surface area (Å²) in [5, 5.41) is 0.672. The molecule has 0 spiro atoms. The van der Waals surface area contributed by atoms with Crippen LogP contribution >= 0.6 is 0 Å². The maximum absolute atomic E-state index is 12.5. The number of para-hydroxylation sites is 1. The van der Waals surface area contributed by atoms with Crippen LogP contribution in [0.15, 0.2) is 53.1 Å². The lowest BCUT2D eigenvalue weighted by Crippen LogP contribution is -2.43. The van der Waals surface area contributed by atoms with Crippen molar-refractivity contribution in [3.63, 3.8) is 0 Å². The molecule has 2 aromatic heterocycles. The van der Waals surface area contributed by atoms with E-state index in [1.165, 1.54) is 13.4 Å². The second-order valence-electron chi connectivity index (χ2n) is 4.98. The maximum Gasteiger partial charge on any atom is 0.270 e. The van der Waals surface area contributed by atoms with Crippen LogP contribution in [-0.4, -0.2) is 30.5 Å². The van der Waals surface area contributed by atoms with Crippen molar-refractivity contribution >= 4 is 22.7 Å². The van der Waals surface area contributed by atoms with E-state index in [0.29, 0.717) is 27.9 Å². The number of hydrazine groups is 1. The van der Waals surface area contributed by atoms with Gasteiger partial charge in [-0.2, -0.15) is 0 Å². The van der Waals surface area contributed by atoms with E-state index in [1.54, 1.807) is 24.3 Å². The van der Waals surface area contributed by atoms with Gasteiger partial charge in [0.1, 0.15) is 12.3 Å². The average Bonchev–Trinajstić information content (AvgIpc) is 3.13. The number of nitrogens with zero attached hydrogens (tertiary/aromatic N) is 1. The first-order chi connectivity index (χ1) is 11.7. The van der Waals surface area contributed by atoms with Gasteiger partial charge in [0.25, 0.3) is 11.8 Å². The molecule has 0 bridgehead atoms. The molecule has 1 aromatic carbocycles. The van der Waals surface area contributed by atoms with Crippen LogP contribution in [0.2, 0.25) is 0 Å². The van der Waals surface area contributed by atoms with Crippen molar-refractivity contribution in [1.29, 1.82) is 0 Å². The van der Waals surface area contributed by atoms with Gasteiger partial charge in [-0.1, -0.05) is 18.2 Å². The van der Waals surface area contributed by atoms with Crippen LogP contribution in [0.25, 0.3) is 22.4 Å². The van der Waals surface area contributed by atoms with E-state index in [1.807, 2.05) is 18.2 Å². The van der Waals surface area contributed by atoms with E-state index >= 15 is 0 Å². The number of carbonyl (C=O) groups is 2. The van der Waals surface area contributed by atoms with Gasteiger partial charge in [-0.15, -0.1) is 0 Å². The Bertz CT molecular complexity index is 875. The third-order valence-electron chi connectivity index (χ3n) is 3.33. The van der Waals surface area contributed by atoms with E-state index in [0.717, 1.165) is 0 Å². The minimum atomic E-state index is -0.453. The van der Waals surface area contributed by atoms with Crippen LogP contribution in [0.1, 0.15) is 10.4 Å². The summed E-state index contributed by atoms with van der Waals surface area (Å²) in [5.74, 6) is -0.348. The Morgan fingerprint density at radius 1 is 1.17 bits per heavy atom. The summed E-state index contributed by atoms with van der Waals surface area (Å²) in [6, 6.07) is 12.4. The Labute approximate surface area is 137 Å². The summed E-state index contributed by atoms with van der Waals surface area (Å²) in [6.07, 6.45) is 1.54. The molecule has 3 rings (SSSR count). The van der Waals surface area contributed by atoms with Crippen LogP contribution in [0.3, 0.4) is 0 Å². The number of pyridine rings is 1. The lowest BCUT2D eigenvalue weighted by atomic mass is 10.1. The van der Waals surface area contributed by atoms with Gasteiger partial charge in [0, 0.05) is 12.5 Å². The molecule has 7 nitrogen and oxygen atoms in total. The predicted octanol–water partition coefficient (Wildman–Crippen LogP) is 1.90. The van der Waals surface area contributed by atoms with Gasteiger partial charge in [-0.05, 0) is 24.3 Å². The van der Waals surface area contributed by atoms with Crippen LogP contribution in [-0.2, 0) is 9.53 Å². The highest BCUT2D eigenvalue weighted by atomic mass is 16.5. The first kappa shape index (κ1) is 15.7. The normalized spacial score (nSPS) is 10.5. The highest BCUT2D eigenvalue weighted by molar-refractivity contribution is 6.07. The van der Waals surface area contributed by atoms with Gasteiger partial charge in [-0.3, -0.25) is 20.4 Å². The van der Waals surface area contributed by atoms with Crippen LogP contribution in [0.5, 0.6) is 0 Å². The first-order valence-corrected chi connectivity index (χ1v) is 7.21. The van der Waals surface area contributed by atoms with Crippen LogP contribution < -0.4 is 10.9 Å². The van der Waals surface area contributed by atoms with Crippen molar-refractivity contribution < 1.29 is 18.7 Å². The molecule has 0 saturated heterocycles. The Morgan fingerprint density at radius 2 is 2.00 bits per heavy atom. The monoisotopic (exact) mass is 325 g/mol. The van der Waals surface area contributed by atoms with Gasteiger partial charge in [0.15, 0.2) is 5.76 Å². The lowest BCUT2D eigenvalue weighted by molar-refractivity contribution is -0.125. The number of fused-ring (bicyclic) bond motifs is 1. The van der Waals surface area contributed by atoms with Crippen molar-refractivity contribution in [2.75, 3.05) is 13.7 Å². The summed E-state index contributed by atoms with van der Waals surface area (Å²) in [5.41, 5.74) is 6.23. The number of aromatic nitrogens is 1. The van der Waals surface area contributed by atoms with Crippen molar-refractivity contribution in [3.8, 4) is 11.5 Å². The SMILES string of the molecule is COCC(=O)NNC(=O)c1cc(-c2ccco2)nc2ccccc12. The number of methoxy groups -OCH3 is 1. The first-order valence-electron chi connectivity index (χ1n) is 7.21. The average molecular weight is 325 g/mol. The van der Waals surface area contributed by atoms with Gasteiger partial charge in [0.05, 0.1) is 17.3 Å². The number of carbonyl (C=O) groups excluding carboxylic acids is 2. The largest absolute Gasteiger partial charge is 0.463 e. The zero-order valence-corrected chi connectivity index (χ0v) is 12.9. The van der Waals surface area contributed by atoms with E-state index in [-0.39, 0.29) is 6.61 Å². The van der Waals surface area contributed by atoms with Crippen LogP contribution in [0.4, 0.5) is 0 Å². The number of nitrogens with one attached hydrogen (secondary N) is 2. The molecule has 122 valence electrons. The van der Waals surface area contributed by atoms with E-state index in [4.69, 9.17) is 9.15 Å². The predicted molar refractivity (Wildman–Crippen MR) is 86.9 cm³/mol. The molecule has 0 aliphatic carbocycles. The summed E-state index contributed by atoms with van der Waals surface area (Å²) in [4.78, 5) is 28.4. The van der Waals surface area contributed by atoms with Crippen molar-refractivity contribution in [1.82, 2.24) is 15.8 Å². The molecular weight excluding hydrogens is 310 g/mol. The third kappa shape index (κ3) is 3.26. The Morgan fingerprint density at radius 3 is 2.75 bits per heavy atom. The number of hydrogen-bond donors (Lipinski definition) is 2. The molecule has 24 heavy (non-hydrogen) atoms. The number of benzene rings is 1. The standard InChI is InChI=1S/C17H15N3O4/c1-23-10-16(21)19-20-17(22)12-9-14(15-7-4-8-24-15)18-13-6-3-2-5-11(12)13/h2-9H,10H2,1H3,(H,19,21)(H,20,22). The molecule has 0 radical (unpaired) electrons. The summed E-state index contributed by atoms with van der Waals surface area (Å²) in [7, 11) is 1.40. The fourth-order valence-electron chi connectivity index (χ4n) is 2.27. The minimum absolute atomic E-state index is 0.144. The molecule has 0 saturated carbocycles. The fourth-order valence-corrected chi connectivity index (χ4v) is 2.27. The Hall–Kier alpha value is -3.19. The second kappa shape index (κ2) is 6.93. The fraction of sp³-hybridized carbons (Fsp3) is 0.118. The molecule has 7 heteroatoms. The summed E-state index contributed by atoms with van der Waals surface area (Å²) < 4.78 is 10.0. The van der Waals surface area contributed by atoms with Gasteiger partial charge >= 0.3 is 0 Å². The number of amides is 2. The molecule has 2 amide bonds. The highest BCUT2D eigenvalue weighted by Gasteiger charge is 2.15. The molecule has 0 aliphatic heterocycles. The zero-order chi connectivity index (χ0) is 16.9. The van der Waals surface area contributed by atoms with Crippen molar-refractivity contribution in [3.05, 3.63) is 54.3 Å². The summed E-state index contributed by atoms with van der Waals surface area (Å²) >= 11 is 0.